The molecule has 0 saturated heterocycles. The van der Waals surface area contributed by atoms with Gasteiger partial charge in [0.15, 0.2) is 5.75 Å². The van der Waals surface area contributed by atoms with Crippen LogP contribution in [0.25, 0.3) is 10.8 Å². The zero-order chi connectivity index (χ0) is 12.4. The van der Waals surface area contributed by atoms with E-state index in [2.05, 4.69) is 10.2 Å². The SMILES string of the molecule is CN=Nc1c(S(=O)[O-])cc2ccccc2c1O. The molecule has 0 amide bonds. The Bertz CT molecular complexity index is 625. The van der Waals surface area contributed by atoms with Crippen molar-refractivity contribution in [3.8, 4) is 5.75 Å². The van der Waals surface area contributed by atoms with E-state index < -0.39 is 11.1 Å². The van der Waals surface area contributed by atoms with Crippen molar-refractivity contribution in [3.63, 3.8) is 0 Å². The largest absolute Gasteiger partial charge is 0.768 e. The van der Waals surface area contributed by atoms with E-state index in [1.165, 1.54) is 13.1 Å². The van der Waals surface area contributed by atoms with Gasteiger partial charge in [-0.3, -0.25) is 4.21 Å². The van der Waals surface area contributed by atoms with Gasteiger partial charge in [-0.05, 0) is 22.5 Å². The van der Waals surface area contributed by atoms with E-state index >= 15 is 0 Å². The summed E-state index contributed by atoms with van der Waals surface area (Å²) in [5.74, 6) is -0.173. The molecule has 1 atom stereocenters. The predicted octanol–water partition coefficient (Wildman–Crippen LogP) is 2.50. The number of hydrogen-bond donors (Lipinski definition) is 1. The highest BCUT2D eigenvalue weighted by molar-refractivity contribution is 7.79. The topological polar surface area (TPSA) is 85.1 Å². The molecule has 0 saturated carbocycles. The van der Waals surface area contributed by atoms with E-state index in [4.69, 9.17) is 0 Å². The molecule has 1 unspecified atom stereocenters. The maximum atomic E-state index is 11.1. The minimum absolute atomic E-state index is 0.0282. The van der Waals surface area contributed by atoms with E-state index in [0.717, 1.165) is 0 Å². The first-order chi connectivity index (χ1) is 8.15. The van der Waals surface area contributed by atoms with E-state index in [-0.39, 0.29) is 16.3 Å². The molecule has 2 aromatic carbocycles. The van der Waals surface area contributed by atoms with Crippen molar-refractivity contribution < 1.29 is 13.9 Å². The first kappa shape index (κ1) is 11.7. The summed E-state index contributed by atoms with van der Waals surface area (Å²) in [5, 5.41) is 18.3. The Morgan fingerprint density at radius 1 is 1.35 bits per heavy atom. The van der Waals surface area contributed by atoms with Gasteiger partial charge in [0.1, 0.15) is 5.69 Å². The second-order valence-corrected chi connectivity index (χ2v) is 4.24. The average Bonchev–Trinajstić information content (AvgIpc) is 2.32. The van der Waals surface area contributed by atoms with Crippen molar-refractivity contribution in [2.75, 3.05) is 7.05 Å². The fraction of sp³-hybridized carbons (Fsp3) is 0.0909. The van der Waals surface area contributed by atoms with Gasteiger partial charge in [-0.1, -0.05) is 24.3 Å². The van der Waals surface area contributed by atoms with Crippen LogP contribution in [0.1, 0.15) is 0 Å². The minimum Gasteiger partial charge on any atom is -0.768 e. The van der Waals surface area contributed by atoms with Gasteiger partial charge < -0.3 is 9.66 Å². The summed E-state index contributed by atoms with van der Waals surface area (Å²) in [7, 11) is 1.41. The highest BCUT2D eigenvalue weighted by atomic mass is 32.2. The zero-order valence-corrected chi connectivity index (χ0v) is 9.77. The Hall–Kier alpha value is -1.79. The normalized spacial score (nSPS) is 13.3. The summed E-state index contributed by atoms with van der Waals surface area (Å²) in [4.78, 5) is -0.0631. The quantitative estimate of drug-likeness (QED) is 0.655. The molecule has 2 aromatic rings. The van der Waals surface area contributed by atoms with Gasteiger partial charge in [0.25, 0.3) is 0 Å². The number of rotatable bonds is 2. The van der Waals surface area contributed by atoms with Crippen LogP contribution in [0.4, 0.5) is 5.69 Å². The van der Waals surface area contributed by atoms with Crippen molar-refractivity contribution >= 4 is 27.5 Å². The Morgan fingerprint density at radius 2 is 2.06 bits per heavy atom. The Morgan fingerprint density at radius 3 is 2.71 bits per heavy atom. The molecule has 0 aliphatic rings. The fourth-order valence-electron chi connectivity index (χ4n) is 1.62. The van der Waals surface area contributed by atoms with E-state index in [0.29, 0.717) is 10.8 Å². The molecule has 1 N–H and O–H groups in total. The number of benzene rings is 2. The van der Waals surface area contributed by atoms with Crippen molar-refractivity contribution in [2.45, 2.75) is 4.90 Å². The standard InChI is InChI=1S/C11H10N2O3S/c1-12-13-10-9(17(15)16)6-7-4-2-3-5-8(7)11(10)14/h2-6,14H,1H3,(H,15,16)/p-1. The summed E-state index contributed by atoms with van der Waals surface area (Å²) in [5.41, 5.74) is -0.0282. The fourth-order valence-corrected chi connectivity index (χ4v) is 2.13. The summed E-state index contributed by atoms with van der Waals surface area (Å²) < 4.78 is 22.2. The summed E-state index contributed by atoms with van der Waals surface area (Å²) in [6, 6.07) is 8.39. The van der Waals surface area contributed by atoms with Crippen molar-refractivity contribution in [3.05, 3.63) is 30.3 Å². The van der Waals surface area contributed by atoms with E-state index in [9.17, 15) is 13.9 Å². The van der Waals surface area contributed by atoms with Crippen LogP contribution in [0.5, 0.6) is 5.75 Å². The third kappa shape index (κ3) is 2.04. The van der Waals surface area contributed by atoms with Crippen LogP contribution in [-0.4, -0.2) is 20.9 Å². The summed E-state index contributed by atoms with van der Waals surface area (Å²) in [6.07, 6.45) is 0. The van der Waals surface area contributed by atoms with Gasteiger partial charge >= 0.3 is 0 Å². The van der Waals surface area contributed by atoms with E-state index in [1.54, 1.807) is 24.3 Å². The maximum absolute atomic E-state index is 11.1. The number of nitrogens with zero attached hydrogens (tertiary/aromatic N) is 2. The molecule has 88 valence electrons. The second kappa shape index (κ2) is 4.60. The van der Waals surface area contributed by atoms with Gasteiger partial charge in [0, 0.05) is 12.4 Å². The molecule has 0 fully saturated rings. The lowest BCUT2D eigenvalue weighted by molar-refractivity contribution is 0.480. The first-order valence-electron chi connectivity index (χ1n) is 4.79. The molecular formula is C11H9N2O3S-. The summed E-state index contributed by atoms with van der Waals surface area (Å²) in [6.45, 7) is 0. The predicted molar refractivity (Wildman–Crippen MR) is 63.2 cm³/mol. The highest BCUT2D eigenvalue weighted by Crippen LogP contribution is 2.39. The number of phenols is 1. The molecule has 0 radical (unpaired) electrons. The van der Waals surface area contributed by atoms with E-state index in [1.807, 2.05) is 0 Å². The average molecular weight is 249 g/mol. The third-order valence-corrected chi connectivity index (χ3v) is 3.01. The number of fused-ring (bicyclic) bond motifs is 1. The van der Waals surface area contributed by atoms with Crippen molar-refractivity contribution in [1.82, 2.24) is 0 Å². The monoisotopic (exact) mass is 249 g/mol. The molecule has 0 spiro atoms. The van der Waals surface area contributed by atoms with Crippen molar-refractivity contribution in [2.24, 2.45) is 10.2 Å². The molecule has 0 aliphatic heterocycles. The zero-order valence-electron chi connectivity index (χ0n) is 8.95. The molecule has 0 aliphatic carbocycles. The smallest absolute Gasteiger partial charge is 0.152 e. The molecule has 5 nitrogen and oxygen atoms in total. The van der Waals surface area contributed by atoms with Crippen molar-refractivity contribution in [1.29, 1.82) is 0 Å². The van der Waals surface area contributed by atoms with Gasteiger partial charge in [0.05, 0.1) is 4.90 Å². The number of phenolic OH excluding ortho intramolecular Hbond substituents is 1. The molecule has 0 bridgehead atoms. The Balaban J connectivity index is 2.88. The van der Waals surface area contributed by atoms with Gasteiger partial charge in [-0.2, -0.15) is 10.2 Å². The number of azo groups is 1. The number of hydrogen-bond acceptors (Lipinski definition) is 5. The van der Waals surface area contributed by atoms with Crippen LogP contribution in [-0.2, 0) is 11.1 Å². The molecule has 6 heteroatoms. The highest BCUT2D eigenvalue weighted by Gasteiger charge is 2.12. The van der Waals surface area contributed by atoms with Gasteiger partial charge in [0.2, 0.25) is 0 Å². The number of aromatic hydroxyl groups is 1. The second-order valence-electron chi connectivity index (χ2n) is 3.33. The third-order valence-electron chi connectivity index (χ3n) is 2.34. The molecule has 17 heavy (non-hydrogen) atoms. The Labute approximate surface area is 100 Å². The lowest BCUT2D eigenvalue weighted by Crippen LogP contribution is -1.90. The van der Waals surface area contributed by atoms with Crippen LogP contribution in [0.3, 0.4) is 0 Å². The molecule has 0 aromatic heterocycles. The van der Waals surface area contributed by atoms with Crippen LogP contribution < -0.4 is 0 Å². The molecular weight excluding hydrogens is 240 g/mol. The molecule has 2 rings (SSSR count). The van der Waals surface area contributed by atoms with Crippen LogP contribution >= 0.6 is 0 Å². The first-order valence-corrected chi connectivity index (χ1v) is 5.86. The summed E-state index contributed by atoms with van der Waals surface area (Å²) >= 11 is -2.47. The van der Waals surface area contributed by atoms with Gasteiger partial charge in [-0.25, -0.2) is 0 Å². The lowest BCUT2D eigenvalue weighted by Gasteiger charge is -2.12. The maximum Gasteiger partial charge on any atom is 0.152 e. The van der Waals surface area contributed by atoms with Gasteiger partial charge in [-0.15, -0.1) is 0 Å². The lowest BCUT2D eigenvalue weighted by atomic mass is 10.1. The van der Waals surface area contributed by atoms with Crippen LogP contribution in [0.2, 0.25) is 0 Å². The minimum atomic E-state index is -2.47. The Kier molecular flexibility index (Phi) is 3.16. The van der Waals surface area contributed by atoms with Crippen LogP contribution in [0.15, 0.2) is 45.5 Å². The van der Waals surface area contributed by atoms with Crippen LogP contribution in [0, 0.1) is 0 Å². The molecule has 0 heterocycles.